The highest BCUT2D eigenvalue weighted by Crippen LogP contribution is 2.63. The van der Waals surface area contributed by atoms with Gasteiger partial charge in [0.2, 0.25) is 0 Å². The molecule has 0 bridgehead atoms. The number of methoxy groups -OCH3 is 1. The first-order valence-corrected chi connectivity index (χ1v) is 19.0. The molecule has 322 valence electrons. The third-order valence-corrected chi connectivity index (χ3v) is 11.9. The minimum absolute atomic E-state index is 0.0169. The molecule has 3 rings (SSSR count). The second-order valence-electron chi connectivity index (χ2n) is 14.2. The summed E-state index contributed by atoms with van der Waals surface area (Å²) in [5, 5.41) is 19.4. The molecular formula is C37H47F13O5S. The minimum atomic E-state index is -7.97. The molecule has 0 radical (unpaired) electrons. The zero-order chi connectivity index (χ0) is 42.2. The van der Waals surface area contributed by atoms with Crippen molar-refractivity contribution in [3.8, 4) is 0 Å². The minimum Gasteiger partial charge on any atom is -0.502 e. The van der Waals surface area contributed by atoms with Crippen LogP contribution in [0.3, 0.4) is 0 Å². The molecular weight excluding hydrogens is 803 g/mol. The van der Waals surface area contributed by atoms with Gasteiger partial charge in [0.25, 0.3) is 0 Å². The second kappa shape index (κ2) is 19.7. The Morgan fingerprint density at radius 2 is 1.43 bits per heavy atom. The Labute approximate surface area is 321 Å². The number of thioether (sulfide) groups is 1. The maximum atomic E-state index is 15.6. The fraction of sp³-hybridized carbons (Fsp3) is 0.730. The molecule has 8 unspecified atom stereocenters. The highest BCUT2D eigenvalue weighted by atomic mass is 32.2. The van der Waals surface area contributed by atoms with Crippen molar-refractivity contribution in [2.45, 2.75) is 86.2 Å². The van der Waals surface area contributed by atoms with E-state index in [1.807, 2.05) is 30.3 Å². The van der Waals surface area contributed by atoms with Gasteiger partial charge >= 0.3 is 35.8 Å². The van der Waals surface area contributed by atoms with E-state index in [9.17, 15) is 58.5 Å². The number of hydrogen-bond donors (Lipinski definition) is 2. The van der Waals surface area contributed by atoms with Crippen LogP contribution in [0.4, 0.5) is 57.1 Å². The number of aliphatic hydroxyl groups is 2. The monoisotopic (exact) mass is 850 g/mol. The summed E-state index contributed by atoms with van der Waals surface area (Å²) >= 11 is 1.45. The molecule has 0 spiro atoms. The van der Waals surface area contributed by atoms with Crippen molar-refractivity contribution in [2.75, 3.05) is 45.9 Å². The Morgan fingerprint density at radius 1 is 0.786 bits per heavy atom. The molecule has 0 heterocycles. The molecule has 2 N–H and O–H groups in total. The number of benzene rings is 1. The zero-order valence-corrected chi connectivity index (χ0v) is 31.4. The van der Waals surface area contributed by atoms with Crippen LogP contribution in [0.15, 0.2) is 54.8 Å². The number of hydrogen-bond acceptors (Lipinski definition) is 6. The highest BCUT2D eigenvalue weighted by Gasteiger charge is 2.91. The smallest absolute Gasteiger partial charge is 0.460 e. The van der Waals surface area contributed by atoms with Gasteiger partial charge in [-0.2, -0.15) is 68.8 Å². The predicted octanol–water partition coefficient (Wildman–Crippen LogP) is 9.48. The SMILES string of the molecule is CCO/C=C\C1CC(/C=C/C2CC(C(Cc3ccccc3)SCC(O)CO)CC2COCCOC)CC1C(F)(F)C(F)(F)C(F)(F)C(F)(F)C(F)(F)C(F)(F)F. The molecule has 1 aromatic carbocycles. The summed E-state index contributed by atoms with van der Waals surface area (Å²) in [6.07, 6.45) is -3.60. The normalized spacial score (nSPS) is 25.7. The highest BCUT2D eigenvalue weighted by molar-refractivity contribution is 7.99. The Hall–Kier alpha value is -2.22. The van der Waals surface area contributed by atoms with Gasteiger partial charge in [-0.1, -0.05) is 42.5 Å². The van der Waals surface area contributed by atoms with Crippen LogP contribution < -0.4 is 0 Å². The summed E-state index contributed by atoms with van der Waals surface area (Å²) in [5.41, 5.74) is 1.00. The molecule has 2 fully saturated rings. The van der Waals surface area contributed by atoms with E-state index in [-0.39, 0.29) is 55.2 Å². The zero-order valence-electron chi connectivity index (χ0n) is 30.5. The first-order valence-electron chi connectivity index (χ1n) is 17.9. The maximum absolute atomic E-state index is 15.6. The number of rotatable bonds is 22. The van der Waals surface area contributed by atoms with Crippen LogP contribution in [0.2, 0.25) is 0 Å². The van der Waals surface area contributed by atoms with Crippen molar-refractivity contribution in [2.24, 2.45) is 35.5 Å². The van der Waals surface area contributed by atoms with Crippen LogP contribution >= 0.6 is 11.8 Å². The van der Waals surface area contributed by atoms with Gasteiger partial charge in [0, 0.05) is 24.0 Å². The molecule has 2 aliphatic carbocycles. The van der Waals surface area contributed by atoms with E-state index in [1.54, 1.807) is 6.08 Å². The van der Waals surface area contributed by atoms with Crippen molar-refractivity contribution in [1.82, 2.24) is 0 Å². The topological polar surface area (TPSA) is 68.2 Å². The van der Waals surface area contributed by atoms with Crippen LogP contribution in [0, 0.1) is 35.5 Å². The van der Waals surface area contributed by atoms with Gasteiger partial charge in [0.05, 0.1) is 45.4 Å². The lowest BCUT2D eigenvalue weighted by Crippen LogP contribution is -2.71. The Bertz CT molecular complexity index is 1400. The second-order valence-corrected chi connectivity index (χ2v) is 15.5. The molecule has 0 aliphatic heterocycles. The summed E-state index contributed by atoms with van der Waals surface area (Å²) in [6.45, 7) is 1.68. The van der Waals surface area contributed by atoms with Crippen LogP contribution in [0.1, 0.15) is 38.2 Å². The standard InChI is InChI=1S/C37H47F13O5S/c1-3-54-12-11-26-15-24(16-30(26)32(38,39)33(40,41)34(42,43)35(44,45)36(46,47)37(48,49)50)9-10-25-18-27(19-28(25)21-55-14-13-53-2)31(56-22-29(52)20-51)17-23-7-5-4-6-8-23/h4-12,24-31,51-52H,3,13-22H2,1-2H3/b10-9+,12-11-. The molecule has 5 nitrogen and oxygen atoms in total. The predicted molar refractivity (Wildman–Crippen MR) is 182 cm³/mol. The third-order valence-electron chi connectivity index (χ3n) is 10.4. The Balaban J connectivity index is 1.94. The van der Waals surface area contributed by atoms with Gasteiger partial charge < -0.3 is 24.4 Å². The lowest BCUT2D eigenvalue weighted by molar-refractivity contribution is -0.443. The number of aliphatic hydroxyl groups excluding tert-OH is 2. The fourth-order valence-corrected chi connectivity index (χ4v) is 8.65. The summed E-state index contributed by atoms with van der Waals surface area (Å²) < 4.78 is 199. The van der Waals surface area contributed by atoms with Gasteiger partial charge in [-0.15, -0.1) is 0 Å². The van der Waals surface area contributed by atoms with Gasteiger partial charge in [0.1, 0.15) is 0 Å². The van der Waals surface area contributed by atoms with E-state index in [2.05, 4.69) is 0 Å². The van der Waals surface area contributed by atoms with Crippen molar-refractivity contribution in [1.29, 1.82) is 0 Å². The first kappa shape index (κ1) is 48.2. The summed E-state index contributed by atoms with van der Waals surface area (Å²) in [4.78, 5) is 0. The van der Waals surface area contributed by atoms with Crippen LogP contribution in [-0.2, 0) is 20.6 Å². The average Bonchev–Trinajstić information content (AvgIpc) is 3.74. The van der Waals surface area contributed by atoms with Crippen LogP contribution in [-0.4, -0.2) is 103 Å². The molecule has 19 heteroatoms. The molecule has 8 atom stereocenters. The van der Waals surface area contributed by atoms with E-state index >= 15 is 8.78 Å². The average molecular weight is 851 g/mol. The lowest BCUT2D eigenvalue weighted by Gasteiger charge is -2.42. The maximum Gasteiger partial charge on any atom is 0.460 e. The molecule has 56 heavy (non-hydrogen) atoms. The van der Waals surface area contributed by atoms with E-state index < -0.39 is 79.1 Å². The summed E-state index contributed by atoms with van der Waals surface area (Å²) in [6, 6.07) is 9.43. The quantitative estimate of drug-likeness (QED) is 0.0525. The van der Waals surface area contributed by atoms with Crippen LogP contribution in [0.5, 0.6) is 0 Å². The van der Waals surface area contributed by atoms with Crippen molar-refractivity contribution >= 4 is 11.8 Å². The van der Waals surface area contributed by atoms with Crippen molar-refractivity contribution in [3.63, 3.8) is 0 Å². The van der Waals surface area contributed by atoms with E-state index in [1.165, 1.54) is 31.9 Å². The molecule has 0 saturated heterocycles. The number of alkyl halides is 13. The van der Waals surface area contributed by atoms with Gasteiger partial charge in [-0.25, -0.2) is 0 Å². The molecule has 2 saturated carbocycles. The molecule has 1 aromatic rings. The van der Waals surface area contributed by atoms with Gasteiger partial charge in [0.15, 0.2) is 0 Å². The lowest BCUT2D eigenvalue weighted by atomic mass is 9.82. The van der Waals surface area contributed by atoms with Crippen molar-refractivity contribution < 1.29 is 81.5 Å². The van der Waals surface area contributed by atoms with E-state index in [0.717, 1.165) is 17.9 Å². The third kappa shape index (κ3) is 10.7. The first-order chi connectivity index (χ1) is 26.0. The number of halogens is 13. The van der Waals surface area contributed by atoms with E-state index in [0.29, 0.717) is 19.3 Å². The van der Waals surface area contributed by atoms with E-state index in [4.69, 9.17) is 14.2 Å². The largest absolute Gasteiger partial charge is 0.502 e. The number of allylic oxidation sites excluding steroid dienone is 3. The fourth-order valence-electron chi connectivity index (χ4n) is 7.27. The Kier molecular flexibility index (Phi) is 16.9. The molecule has 2 aliphatic rings. The van der Waals surface area contributed by atoms with Crippen molar-refractivity contribution in [3.05, 3.63) is 60.4 Å². The van der Waals surface area contributed by atoms with Gasteiger partial charge in [-0.05, 0) is 80.3 Å². The molecule has 0 aromatic heterocycles. The number of ether oxygens (including phenoxy) is 3. The van der Waals surface area contributed by atoms with Crippen LogP contribution in [0.25, 0.3) is 0 Å². The molecule has 0 amide bonds. The summed E-state index contributed by atoms with van der Waals surface area (Å²) in [5.74, 6) is -43.3. The Morgan fingerprint density at radius 3 is 2.02 bits per heavy atom. The summed E-state index contributed by atoms with van der Waals surface area (Å²) in [7, 11) is 1.47. The van der Waals surface area contributed by atoms with Gasteiger partial charge in [-0.3, -0.25) is 0 Å².